The zero-order valence-corrected chi connectivity index (χ0v) is 10.3. The van der Waals surface area contributed by atoms with Crippen molar-refractivity contribution in [3.05, 3.63) is 36.5 Å². The molecule has 0 aliphatic carbocycles. The quantitative estimate of drug-likeness (QED) is 0.440. The van der Waals surface area contributed by atoms with Crippen LogP contribution in [0.2, 0.25) is 0 Å². The van der Waals surface area contributed by atoms with Crippen LogP contribution >= 0.6 is 0 Å². The topological polar surface area (TPSA) is 52.9 Å². The van der Waals surface area contributed by atoms with E-state index in [0.717, 1.165) is 5.57 Å². The van der Waals surface area contributed by atoms with E-state index in [4.69, 9.17) is 5.26 Å². The monoisotopic (exact) mass is 220 g/mol. The summed E-state index contributed by atoms with van der Waals surface area (Å²) < 4.78 is 0. The van der Waals surface area contributed by atoms with Crippen molar-refractivity contribution in [2.75, 3.05) is 6.54 Å². The van der Waals surface area contributed by atoms with Crippen LogP contribution in [0.15, 0.2) is 36.5 Å². The van der Waals surface area contributed by atoms with Gasteiger partial charge in [-0.15, -0.1) is 0 Å². The summed E-state index contributed by atoms with van der Waals surface area (Å²) in [6.45, 7) is 13.3. The van der Waals surface area contributed by atoms with Crippen LogP contribution < -0.4 is 5.32 Å². The molecule has 0 aliphatic rings. The molecule has 3 heteroatoms. The molecule has 0 heterocycles. The first-order valence-electron chi connectivity index (χ1n) is 5.26. The van der Waals surface area contributed by atoms with Gasteiger partial charge in [0, 0.05) is 12.1 Å². The number of hydrogen-bond donors (Lipinski definition) is 1. The Morgan fingerprint density at radius 1 is 1.50 bits per heavy atom. The van der Waals surface area contributed by atoms with Crippen molar-refractivity contribution in [3.8, 4) is 6.07 Å². The van der Waals surface area contributed by atoms with Crippen molar-refractivity contribution in [3.63, 3.8) is 0 Å². The minimum atomic E-state index is -0.224. The Hall–Kier alpha value is -1.82. The SMILES string of the molecule is C=C/C(=C\C(=C)C)C(=O)NCCC#N.CC. The van der Waals surface area contributed by atoms with E-state index in [-0.39, 0.29) is 5.91 Å². The van der Waals surface area contributed by atoms with Gasteiger partial charge in [0.2, 0.25) is 0 Å². The van der Waals surface area contributed by atoms with E-state index in [0.29, 0.717) is 18.5 Å². The maximum Gasteiger partial charge on any atom is 0.251 e. The lowest BCUT2D eigenvalue weighted by molar-refractivity contribution is -0.117. The molecule has 0 aromatic rings. The van der Waals surface area contributed by atoms with E-state index in [1.54, 1.807) is 13.0 Å². The number of nitriles is 1. The number of nitrogens with one attached hydrogen (secondary N) is 1. The molecule has 0 atom stereocenters. The van der Waals surface area contributed by atoms with Gasteiger partial charge < -0.3 is 5.32 Å². The summed E-state index contributed by atoms with van der Waals surface area (Å²) in [6.07, 6.45) is 3.42. The molecule has 0 saturated carbocycles. The van der Waals surface area contributed by atoms with Gasteiger partial charge in [-0.1, -0.05) is 38.7 Å². The number of rotatable bonds is 5. The van der Waals surface area contributed by atoms with Crippen LogP contribution in [0.3, 0.4) is 0 Å². The van der Waals surface area contributed by atoms with Gasteiger partial charge in [-0.2, -0.15) is 5.26 Å². The zero-order chi connectivity index (χ0) is 13.0. The fourth-order valence-corrected chi connectivity index (χ4v) is 0.817. The maximum absolute atomic E-state index is 11.4. The van der Waals surface area contributed by atoms with Gasteiger partial charge in [-0.05, 0) is 13.0 Å². The Morgan fingerprint density at radius 2 is 2.06 bits per heavy atom. The normalized spacial score (nSPS) is 9.25. The van der Waals surface area contributed by atoms with E-state index in [2.05, 4.69) is 18.5 Å². The molecule has 0 aliphatic heterocycles. The Bertz CT molecular complexity index is 308. The fourth-order valence-electron chi connectivity index (χ4n) is 0.817. The van der Waals surface area contributed by atoms with Crippen molar-refractivity contribution in [1.29, 1.82) is 5.26 Å². The lowest BCUT2D eigenvalue weighted by atomic mass is 10.1. The van der Waals surface area contributed by atoms with Gasteiger partial charge in [0.25, 0.3) is 5.91 Å². The van der Waals surface area contributed by atoms with Crippen molar-refractivity contribution < 1.29 is 4.79 Å². The van der Waals surface area contributed by atoms with Gasteiger partial charge in [-0.3, -0.25) is 4.79 Å². The molecule has 16 heavy (non-hydrogen) atoms. The zero-order valence-electron chi connectivity index (χ0n) is 10.3. The molecule has 1 amide bonds. The predicted molar refractivity (Wildman–Crippen MR) is 67.7 cm³/mol. The highest BCUT2D eigenvalue weighted by Gasteiger charge is 2.03. The summed E-state index contributed by atoms with van der Waals surface area (Å²) in [5, 5.41) is 10.9. The van der Waals surface area contributed by atoms with Crippen molar-refractivity contribution >= 4 is 5.91 Å². The van der Waals surface area contributed by atoms with Gasteiger partial charge in [0.1, 0.15) is 0 Å². The van der Waals surface area contributed by atoms with Gasteiger partial charge >= 0.3 is 0 Å². The Kier molecular flexibility index (Phi) is 11.7. The van der Waals surface area contributed by atoms with Crippen LogP contribution in [-0.2, 0) is 4.79 Å². The summed E-state index contributed by atoms with van der Waals surface area (Å²) in [6, 6.07) is 1.94. The molecular formula is C13H20N2O. The standard InChI is InChI=1S/C11H14N2O.C2H6/c1-4-10(8-9(2)3)11(14)13-7-5-6-12;1-2/h4,8H,1-2,5,7H2,3H3,(H,13,14);1-2H3/b10-8+;. The van der Waals surface area contributed by atoms with Crippen molar-refractivity contribution in [2.45, 2.75) is 27.2 Å². The number of nitrogens with zero attached hydrogens (tertiary/aromatic N) is 1. The minimum Gasteiger partial charge on any atom is -0.351 e. The van der Waals surface area contributed by atoms with Crippen LogP contribution in [0.25, 0.3) is 0 Å². The second-order valence-electron chi connectivity index (χ2n) is 2.81. The molecule has 88 valence electrons. The van der Waals surface area contributed by atoms with Crippen LogP contribution in [0.4, 0.5) is 0 Å². The van der Waals surface area contributed by atoms with Crippen LogP contribution in [0, 0.1) is 11.3 Å². The molecule has 0 unspecified atom stereocenters. The Morgan fingerprint density at radius 3 is 2.44 bits per heavy atom. The number of allylic oxidation sites excluding steroid dienone is 2. The Balaban J connectivity index is 0. The average molecular weight is 220 g/mol. The third-order valence-corrected chi connectivity index (χ3v) is 1.41. The third-order valence-electron chi connectivity index (χ3n) is 1.41. The summed E-state index contributed by atoms with van der Waals surface area (Å²) >= 11 is 0. The highest BCUT2D eigenvalue weighted by atomic mass is 16.1. The third kappa shape index (κ3) is 8.76. The predicted octanol–water partition coefficient (Wildman–Crippen LogP) is 2.73. The largest absolute Gasteiger partial charge is 0.351 e. The van der Waals surface area contributed by atoms with E-state index in [9.17, 15) is 4.79 Å². The highest BCUT2D eigenvalue weighted by molar-refractivity contribution is 5.96. The molecule has 0 spiro atoms. The number of carbonyl (C=O) groups is 1. The molecule has 0 fully saturated rings. The molecule has 0 radical (unpaired) electrons. The maximum atomic E-state index is 11.4. The second kappa shape index (κ2) is 11.3. The lowest BCUT2D eigenvalue weighted by Crippen LogP contribution is -2.25. The molecule has 0 aromatic carbocycles. The van der Waals surface area contributed by atoms with Crippen LogP contribution in [0.5, 0.6) is 0 Å². The van der Waals surface area contributed by atoms with E-state index >= 15 is 0 Å². The van der Waals surface area contributed by atoms with Gasteiger partial charge in [0.15, 0.2) is 0 Å². The van der Waals surface area contributed by atoms with E-state index in [1.807, 2.05) is 19.9 Å². The first kappa shape index (κ1) is 16.6. The molecular weight excluding hydrogens is 200 g/mol. The fraction of sp³-hybridized carbons (Fsp3) is 0.385. The minimum absolute atomic E-state index is 0.224. The summed E-state index contributed by atoms with van der Waals surface area (Å²) in [5.74, 6) is -0.224. The first-order chi connectivity index (χ1) is 7.61. The van der Waals surface area contributed by atoms with E-state index < -0.39 is 0 Å². The van der Waals surface area contributed by atoms with Gasteiger partial charge in [-0.25, -0.2) is 0 Å². The molecule has 3 nitrogen and oxygen atoms in total. The van der Waals surface area contributed by atoms with Crippen LogP contribution in [-0.4, -0.2) is 12.5 Å². The summed E-state index contributed by atoms with van der Waals surface area (Å²) in [7, 11) is 0. The number of hydrogen-bond acceptors (Lipinski definition) is 2. The molecule has 0 rings (SSSR count). The van der Waals surface area contributed by atoms with Crippen molar-refractivity contribution in [1.82, 2.24) is 5.32 Å². The molecule has 0 bridgehead atoms. The molecule has 1 N–H and O–H groups in total. The smallest absolute Gasteiger partial charge is 0.251 e. The van der Waals surface area contributed by atoms with Crippen molar-refractivity contribution in [2.24, 2.45) is 0 Å². The van der Waals surface area contributed by atoms with Crippen LogP contribution in [0.1, 0.15) is 27.2 Å². The summed E-state index contributed by atoms with van der Waals surface area (Å²) in [5.41, 5.74) is 1.26. The average Bonchev–Trinajstić information content (AvgIpc) is 2.28. The highest BCUT2D eigenvalue weighted by Crippen LogP contribution is 2.01. The summed E-state index contributed by atoms with van der Waals surface area (Å²) in [4.78, 5) is 11.4. The lowest BCUT2D eigenvalue weighted by Gasteiger charge is -2.02. The number of carbonyl (C=O) groups excluding carboxylic acids is 1. The molecule has 0 aromatic heterocycles. The first-order valence-corrected chi connectivity index (χ1v) is 5.26. The van der Waals surface area contributed by atoms with Gasteiger partial charge in [0.05, 0.1) is 12.5 Å². The second-order valence-corrected chi connectivity index (χ2v) is 2.81. The Labute approximate surface area is 98.2 Å². The molecule has 0 saturated heterocycles. The number of amides is 1. The van der Waals surface area contributed by atoms with E-state index in [1.165, 1.54) is 6.08 Å².